The molecule has 0 fully saturated rings. The van der Waals surface area contributed by atoms with E-state index in [9.17, 15) is 9.18 Å². The number of nitrogens with two attached hydrogens (primary N) is 1. The number of carbonyl (C=O) groups excluding carboxylic acids is 1. The first-order chi connectivity index (χ1) is 7.59. The standard InChI is InChI=1S/C11H10FN3O/c1-15-5-4-14-11(15)10(16)8-6-7(12)2-3-9(8)13/h2-6H,13H2,1H3. The van der Waals surface area contributed by atoms with Crippen LogP contribution in [0.1, 0.15) is 16.2 Å². The molecule has 0 spiro atoms. The van der Waals surface area contributed by atoms with Crippen molar-refractivity contribution < 1.29 is 9.18 Å². The lowest BCUT2D eigenvalue weighted by Gasteiger charge is -2.04. The Kier molecular flexibility index (Phi) is 2.44. The van der Waals surface area contributed by atoms with Gasteiger partial charge in [0.25, 0.3) is 0 Å². The van der Waals surface area contributed by atoms with Crippen molar-refractivity contribution in [1.29, 1.82) is 0 Å². The molecule has 0 atom stereocenters. The Hall–Kier alpha value is -2.17. The highest BCUT2D eigenvalue weighted by Gasteiger charge is 2.16. The van der Waals surface area contributed by atoms with Gasteiger partial charge in [-0.25, -0.2) is 9.37 Å². The highest BCUT2D eigenvalue weighted by molar-refractivity contribution is 6.10. The second-order valence-electron chi connectivity index (χ2n) is 3.42. The van der Waals surface area contributed by atoms with Crippen molar-refractivity contribution in [3.05, 3.63) is 47.8 Å². The fraction of sp³-hybridized carbons (Fsp3) is 0.0909. The maximum atomic E-state index is 13.0. The maximum absolute atomic E-state index is 13.0. The highest BCUT2D eigenvalue weighted by Crippen LogP contribution is 2.16. The SMILES string of the molecule is Cn1ccnc1C(=O)c1cc(F)ccc1N. The summed E-state index contributed by atoms with van der Waals surface area (Å²) in [6, 6.07) is 3.70. The van der Waals surface area contributed by atoms with E-state index in [2.05, 4.69) is 4.98 Å². The van der Waals surface area contributed by atoms with Crippen LogP contribution in [-0.2, 0) is 7.05 Å². The van der Waals surface area contributed by atoms with Crippen LogP contribution in [-0.4, -0.2) is 15.3 Å². The Morgan fingerprint density at radius 2 is 2.25 bits per heavy atom. The van der Waals surface area contributed by atoms with Crippen LogP contribution in [0.4, 0.5) is 10.1 Å². The van der Waals surface area contributed by atoms with Crippen LogP contribution in [0.2, 0.25) is 0 Å². The summed E-state index contributed by atoms with van der Waals surface area (Å²) in [5.41, 5.74) is 6.00. The van der Waals surface area contributed by atoms with Crippen molar-refractivity contribution >= 4 is 11.5 Å². The van der Waals surface area contributed by atoms with E-state index in [1.165, 1.54) is 18.3 Å². The predicted octanol–water partition coefficient (Wildman–Crippen LogP) is 1.37. The van der Waals surface area contributed by atoms with Crippen LogP contribution >= 0.6 is 0 Å². The molecule has 1 heterocycles. The van der Waals surface area contributed by atoms with E-state index in [0.29, 0.717) is 0 Å². The number of aromatic nitrogens is 2. The molecule has 0 aliphatic rings. The first kappa shape index (κ1) is 10.4. The van der Waals surface area contributed by atoms with Crippen LogP contribution in [0.25, 0.3) is 0 Å². The first-order valence-electron chi connectivity index (χ1n) is 4.66. The predicted molar refractivity (Wildman–Crippen MR) is 57.5 cm³/mol. The number of nitrogen functional groups attached to an aromatic ring is 1. The second kappa shape index (κ2) is 3.77. The molecule has 2 aromatic rings. The molecule has 16 heavy (non-hydrogen) atoms. The number of benzene rings is 1. The second-order valence-corrected chi connectivity index (χ2v) is 3.42. The van der Waals surface area contributed by atoms with Crippen molar-refractivity contribution in [3.8, 4) is 0 Å². The zero-order chi connectivity index (χ0) is 11.7. The Bertz CT molecular complexity index is 548. The van der Waals surface area contributed by atoms with Crippen molar-refractivity contribution in [3.63, 3.8) is 0 Å². The van der Waals surface area contributed by atoms with Crippen molar-refractivity contribution in [1.82, 2.24) is 9.55 Å². The van der Waals surface area contributed by atoms with Crippen molar-refractivity contribution in [2.45, 2.75) is 0 Å². The van der Waals surface area contributed by atoms with Gasteiger partial charge in [-0.15, -0.1) is 0 Å². The van der Waals surface area contributed by atoms with Crippen LogP contribution in [0, 0.1) is 5.82 Å². The summed E-state index contributed by atoms with van der Waals surface area (Å²) in [5.74, 6) is -0.645. The molecule has 1 aromatic heterocycles. The van der Waals surface area contributed by atoms with Gasteiger partial charge in [-0.1, -0.05) is 0 Å². The molecule has 5 heteroatoms. The Labute approximate surface area is 91.5 Å². The van der Waals surface area contributed by atoms with Gasteiger partial charge in [0, 0.05) is 25.1 Å². The molecule has 2 rings (SSSR count). The fourth-order valence-electron chi connectivity index (χ4n) is 1.43. The summed E-state index contributed by atoms with van der Waals surface area (Å²) in [5, 5.41) is 0. The van der Waals surface area contributed by atoms with Crippen LogP contribution in [0.15, 0.2) is 30.6 Å². The number of carbonyl (C=O) groups is 1. The van der Waals surface area contributed by atoms with Crippen LogP contribution < -0.4 is 5.73 Å². The first-order valence-corrected chi connectivity index (χ1v) is 4.66. The smallest absolute Gasteiger partial charge is 0.230 e. The number of hydrogen-bond acceptors (Lipinski definition) is 3. The third kappa shape index (κ3) is 1.67. The average molecular weight is 219 g/mol. The molecule has 82 valence electrons. The van der Waals surface area contributed by atoms with Gasteiger partial charge in [0.2, 0.25) is 5.78 Å². The van der Waals surface area contributed by atoms with E-state index in [4.69, 9.17) is 5.73 Å². The third-order valence-corrected chi connectivity index (χ3v) is 2.28. The van der Waals surface area contributed by atoms with Gasteiger partial charge in [-0.05, 0) is 18.2 Å². The van der Waals surface area contributed by atoms with Gasteiger partial charge in [-0.3, -0.25) is 4.79 Å². The van der Waals surface area contributed by atoms with E-state index < -0.39 is 5.82 Å². The number of hydrogen-bond donors (Lipinski definition) is 1. The molecule has 2 N–H and O–H groups in total. The molecule has 0 unspecified atom stereocenters. The average Bonchev–Trinajstić information content (AvgIpc) is 2.67. The molecule has 4 nitrogen and oxygen atoms in total. The summed E-state index contributed by atoms with van der Waals surface area (Å²) in [4.78, 5) is 15.9. The van der Waals surface area contributed by atoms with Gasteiger partial charge >= 0.3 is 0 Å². The molecular formula is C11H10FN3O. The lowest BCUT2D eigenvalue weighted by atomic mass is 10.1. The summed E-state index contributed by atoms with van der Waals surface area (Å²) in [6.45, 7) is 0. The number of nitrogens with zero attached hydrogens (tertiary/aromatic N) is 2. The number of rotatable bonds is 2. The molecule has 0 aliphatic carbocycles. The molecule has 0 saturated heterocycles. The quantitative estimate of drug-likeness (QED) is 0.613. The molecule has 1 aromatic carbocycles. The van der Waals surface area contributed by atoms with E-state index in [-0.39, 0.29) is 22.9 Å². The highest BCUT2D eigenvalue weighted by atomic mass is 19.1. The van der Waals surface area contributed by atoms with Crippen LogP contribution in [0.3, 0.4) is 0 Å². The molecule has 0 bridgehead atoms. The van der Waals surface area contributed by atoms with Gasteiger partial charge in [0.05, 0.1) is 5.56 Å². The summed E-state index contributed by atoms with van der Waals surface area (Å²) in [7, 11) is 1.69. The van der Waals surface area contributed by atoms with Crippen molar-refractivity contribution in [2.24, 2.45) is 7.05 Å². The van der Waals surface area contributed by atoms with E-state index in [1.54, 1.807) is 17.8 Å². The minimum absolute atomic E-state index is 0.134. The molecule has 0 radical (unpaired) electrons. The maximum Gasteiger partial charge on any atom is 0.230 e. The normalized spacial score (nSPS) is 10.4. The Balaban J connectivity index is 2.49. The molecule has 0 saturated carbocycles. The number of aryl methyl sites for hydroxylation is 1. The Morgan fingerprint density at radius 3 is 2.88 bits per heavy atom. The third-order valence-electron chi connectivity index (χ3n) is 2.28. The van der Waals surface area contributed by atoms with Gasteiger partial charge in [0.1, 0.15) is 5.82 Å². The lowest BCUT2D eigenvalue weighted by molar-refractivity contribution is 0.102. The number of ketones is 1. The molecule has 0 amide bonds. The van der Waals surface area contributed by atoms with E-state index in [0.717, 1.165) is 6.07 Å². The zero-order valence-corrected chi connectivity index (χ0v) is 8.64. The summed E-state index contributed by atoms with van der Waals surface area (Å²) >= 11 is 0. The molecular weight excluding hydrogens is 209 g/mol. The lowest BCUT2D eigenvalue weighted by Crippen LogP contribution is -2.11. The number of imidazole rings is 1. The monoisotopic (exact) mass is 219 g/mol. The van der Waals surface area contributed by atoms with Crippen molar-refractivity contribution in [2.75, 3.05) is 5.73 Å². The Morgan fingerprint density at radius 1 is 1.50 bits per heavy atom. The van der Waals surface area contributed by atoms with Gasteiger partial charge in [-0.2, -0.15) is 0 Å². The minimum atomic E-state index is -0.494. The van der Waals surface area contributed by atoms with E-state index >= 15 is 0 Å². The van der Waals surface area contributed by atoms with Gasteiger partial charge in [0.15, 0.2) is 5.82 Å². The number of anilines is 1. The molecule has 0 aliphatic heterocycles. The van der Waals surface area contributed by atoms with Crippen LogP contribution in [0.5, 0.6) is 0 Å². The largest absolute Gasteiger partial charge is 0.398 e. The minimum Gasteiger partial charge on any atom is -0.398 e. The van der Waals surface area contributed by atoms with E-state index in [1.807, 2.05) is 0 Å². The van der Waals surface area contributed by atoms with Gasteiger partial charge < -0.3 is 10.3 Å². The topological polar surface area (TPSA) is 60.9 Å². The summed E-state index contributed by atoms with van der Waals surface area (Å²) < 4.78 is 14.6. The number of halogens is 1. The fourth-order valence-corrected chi connectivity index (χ4v) is 1.43. The summed E-state index contributed by atoms with van der Waals surface area (Å²) in [6.07, 6.45) is 3.14. The zero-order valence-electron chi connectivity index (χ0n) is 8.64.